The van der Waals surface area contributed by atoms with Crippen LogP contribution in [0.4, 0.5) is 4.79 Å². The molecular weight excluding hydrogens is 156 g/mol. The van der Waals surface area contributed by atoms with Crippen molar-refractivity contribution in [3.05, 3.63) is 0 Å². The number of urea groups is 1. The quantitative estimate of drug-likeness (QED) is 0.558. The van der Waals surface area contributed by atoms with Crippen molar-refractivity contribution in [3.63, 3.8) is 0 Å². The topological polar surface area (TPSA) is 66.6 Å². The van der Waals surface area contributed by atoms with Gasteiger partial charge in [0.1, 0.15) is 0 Å². The third-order valence-electron chi connectivity index (χ3n) is 1.04. The molecule has 0 heterocycles. The molecule has 0 aliphatic carbocycles. The highest BCUT2D eigenvalue weighted by molar-refractivity contribution is 6.18. The Morgan fingerprint density at radius 1 is 1.60 bits per heavy atom. The zero-order chi connectivity index (χ0) is 7.98. The van der Waals surface area contributed by atoms with E-state index in [2.05, 4.69) is 0 Å². The molecule has 4 nitrogen and oxygen atoms in total. The minimum atomic E-state index is -0.547. The highest BCUT2D eigenvalue weighted by Gasteiger charge is 2.05. The zero-order valence-corrected chi connectivity index (χ0v) is 6.34. The molecule has 10 heavy (non-hydrogen) atoms. The molecule has 0 atom stereocenters. The zero-order valence-electron chi connectivity index (χ0n) is 5.59. The average molecular weight is 167 g/mol. The van der Waals surface area contributed by atoms with Crippen molar-refractivity contribution in [2.75, 3.05) is 25.6 Å². The number of aliphatic hydroxyl groups excluding tert-OH is 1. The number of hydrogen-bond acceptors (Lipinski definition) is 2. The second kappa shape index (κ2) is 5.32. The van der Waals surface area contributed by atoms with Crippen LogP contribution in [0.15, 0.2) is 0 Å². The smallest absolute Gasteiger partial charge is 0.314 e. The van der Waals surface area contributed by atoms with Crippen LogP contribution in [-0.2, 0) is 0 Å². The van der Waals surface area contributed by atoms with Gasteiger partial charge in [-0.2, -0.15) is 0 Å². The molecule has 0 bridgehead atoms. The Morgan fingerprint density at radius 3 is 2.50 bits per heavy atom. The van der Waals surface area contributed by atoms with Crippen LogP contribution in [0.25, 0.3) is 0 Å². The van der Waals surface area contributed by atoms with Crippen molar-refractivity contribution in [1.82, 2.24) is 4.90 Å². The number of nitrogens with zero attached hydrogens (tertiary/aromatic N) is 1. The Balaban J connectivity index is 3.61. The van der Waals surface area contributed by atoms with Gasteiger partial charge < -0.3 is 15.7 Å². The number of amides is 2. The average Bonchev–Trinajstić information content (AvgIpc) is 1.87. The van der Waals surface area contributed by atoms with Crippen LogP contribution in [0, 0.1) is 0 Å². The molecule has 0 radical (unpaired) electrons. The van der Waals surface area contributed by atoms with Crippen LogP contribution >= 0.6 is 11.6 Å². The molecule has 0 saturated heterocycles. The number of alkyl halides is 1. The number of aliphatic hydroxyl groups is 1. The van der Waals surface area contributed by atoms with E-state index in [4.69, 9.17) is 22.4 Å². The second-order valence-electron chi connectivity index (χ2n) is 1.74. The third kappa shape index (κ3) is 3.53. The summed E-state index contributed by atoms with van der Waals surface area (Å²) in [6.07, 6.45) is 0. The van der Waals surface area contributed by atoms with Crippen LogP contribution in [-0.4, -0.2) is 41.6 Å². The van der Waals surface area contributed by atoms with E-state index in [1.54, 1.807) is 0 Å². The molecule has 0 saturated carbocycles. The number of halogens is 1. The molecule has 0 aromatic heterocycles. The first kappa shape index (κ1) is 9.52. The van der Waals surface area contributed by atoms with Gasteiger partial charge in [-0.05, 0) is 0 Å². The van der Waals surface area contributed by atoms with Crippen LogP contribution in [0.5, 0.6) is 0 Å². The lowest BCUT2D eigenvalue weighted by atomic mass is 10.5. The number of rotatable bonds is 4. The van der Waals surface area contributed by atoms with Crippen molar-refractivity contribution < 1.29 is 9.90 Å². The van der Waals surface area contributed by atoms with Crippen molar-refractivity contribution in [2.24, 2.45) is 5.73 Å². The fourth-order valence-corrected chi connectivity index (χ4v) is 0.759. The summed E-state index contributed by atoms with van der Waals surface area (Å²) in [6, 6.07) is -0.547. The van der Waals surface area contributed by atoms with Crippen LogP contribution in [0.2, 0.25) is 0 Å². The molecule has 0 aromatic rings. The maximum absolute atomic E-state index is 10.5. The molecule has 3 N–H and O–H groups in total. The molecule has 0 fully saturated rings. The van der Waals surface area contributed by atoms with Crippen LogP contribution in [0.3, 0.4) is 0 Å². The van der Waals surface area contributed by atoms with Crippen molar-refractivity contribution in [3.8, 4) is 0 Å². The largest absolute Gasteiger partial charge is 0.395 e. The first-order valence-corrected chi connectivity index (χ1v) is 3.47. The van der Waals surface area contributed by atoms with Crippen molar-refractivity contribution >= 4 is 17.6 Å². The number of carbonyl (C=O) groups is 1. The summed E-state index contributed by atoms with van der Waals surface area (Å²) in [7, 11) is 0. The summed E-state index contributed by atoms with van der Waals surface area (Å²) in [6.45, 7) is 0.555. The van der Waals surface area contributed by atoms with E-state index in [1.807, 2.05) is 0 Å². The van der Waals surface area contributed by atoms with E-state index in [0.717, 1.165) is 0 Å². The molecule has 0 aliphatic heterocycles. The molecule has 0 aromatic carbocycles. The first-order valence-electron chi connectivity index (χ1n) is 2.93. The van der Waals surface area contributed by atoms with Crippen LogP contribution in [0.1, 0.15) is 0 Å². The highest BCUT2D eigenvalue weighted by Crippen LogP contribution is 1.87. The number of primary amides is 1. The van der Waals surface area contributed by atoms with Crippen LogP contribution < -0.4 is 5.73 Å². The summed E-state index contributed by atoms with van der Waals surface area (Å²) in [5.41, 5.74) is 4.93. The Labute approximate surface area is 64.6 Å². The minimum absolute atomic E-state index is 0.0835. The number of carbonyl (C=O) groups excluding carboxylic acids is 1. The lowest BCUT2D eigenvalue weighted by Crippen LogP contribution is -2.38. The molecule has 0 aliphatic rings. The van der Waals surface area contributed by atoms with Crippen molar-refractivity contribution in [1.29, 1.82) is 0 Å². The Hall–Kier alpha value is -0.480. The number of hydrogen-bond donors (Lipinski definition) is 2. The van der Waals surface area contributed by atoms with Crippen molar-refractivity contribution in [2.45, 2.75) is 0 Å². The van der Waals surface area contributed by atoms with Gasteiger partial charge in [-0.25, -0.2) is 4.79 Å². The van der Waals surface area contributed by atoms with Gasteiger partial charge >= 0.3 is 6.03 Å². The van der Waals surface area contributed by atoms with E-state index in [-0.39, 0.29) is 13.2 Å². The maximum Gasteiger partial charge on any atom is 0.314 e. The molecule has 2 amide bonds. The Morgan fingerprint density at radius 2 is 2.20 bits per heavy atom. The Bertz CT molecular complexity index is 104. The molecule has 0 rings (SSSR count). The summed E-state index contributed by atoms with van der Waals surface area (Å²) in [5, 5.41) is 8.42. The van der Waals surface area contributed by atoms with Gasteiger partial charge in [0.2, 0.25) is 0 Å². The third-order valence-corrected chi connectivity index (χ3v) is 1.21. The fourth-order valence-electron chi connectivity index (χ4n) is 0.555. The van der Waals surface area contributed by atoms with Gasteiger partial charge in [0.25, 0.3) is 0 Å². The summed E-state index contributed by atoms with van der Waals surface area (Å²) >= 11 is 5.35. The Kier molecular flexibility index (Phi) is 5.06. The fraction of sp³-hybridized carbons (Fsp3) is 0.800. The summed E-state index contributed by atoms with van der Waals surface area (Å²) in [5.74, 6) is 0.336. The monoisotopic (exact) mass is 166 g/mol. The molecular formula is C5H11ClN2O2. The molecule has 0 unspecified atom stereocenters. The van der Waals surface area contributed by atoms with Gasteiger partial charge in [0.05, 0.1) is 6.61 Å². The van der Waals surface area contributed by atoms with Gasteiger partial charge in [0.15, 0.2) is 0 Å². The lowest BCUT2D eigenvalue weighted by molar-refractivity contribution is 0.189. The molecule has 60 valence electrons. The second-order valence-corrected chi connectivity index (χ2v) is 2.12. The van der Waals surface area contributed by atoms with Gasteiger partial charge in [0, 0.05) is 19.0 Å². The first-order chi connectivity index (χ1) is 4.72. The number of nitrogens with two attached hydrogens (primary N) is 1. The van der Waals surface area contributed by atoms with E-state index >= 15 is 0 Å². The molecule has 5 heteroatoms. The van der Waals surface area contributed by atoms with Gasteiger partial charge in [-0.15, -0.1) is 11.6 Å². The van der Waals surface area contributed by atoms with Gasteiger partial charge in [-0.3, -0.25) is 0 Å². The lowest BCUT2D eigenvalue weighted by Gasteiger charge is -2.16. The predicted octanol–water partition coefficient (Wildman–Crippen LogP) is -0.402. The van der Waals surface area contributed by atoms with Gasteiger partial charge in [-0.1, -0.05) is 0 Å². The summed E-state index contributed by atoms with van der Waals surface area (Å²) in [4.78, 5) is 11.7. The standard InChI is InChI=1S/C5H11ClN2O2/c6-1-2-8(3-4-9)5(7)10/h9H,1-4H2,(H2,7,10). The molecule has 0 spiro atoms. The minimum Gasteiger partial charge on any atom is -0.395 e. The maximum atomic E-state index is 10.5. The summed E-state index contributed by atoms with van der Waals surface area (Å²) < 4.78 is 0. The van der Waals surface area contributed by atoms with E-state index in [0.29, 0.717) is 12.4 Å². The highest BCUT2D eigenvalue weighted by atomic mass is 35.5. The van der Waals surface area contributed by atoms with E-state index in [9.17, 15) is 4.79 Å². The SMILES string of the molecule is NC(=O)N(CCO)CCCl. The van der Waals surface area contributed by atoms with E-state index in [1.165, 1.54) is 4.90 Å². The normalized spacial score (nSPS) is 9.40. The predicted molar refractivity (Wildman–Crippen MR) is 39.0 cm³/mol. The van der Waals surface area contributed by atoms with E-state index < -0.39 is 6.03 Å².